The summed E-state index contributed by atoms with van der Waals surface area (Å²) in [4.78, 5) is 32.6. The number of ketones is 1. The first-order valence-electron chi connectivity index (χ1n) is 15.0. The predicted molar refractivity (Wildman–Crippen MR) is 193 cm³/mol. The molecule has 6 aromatic rings. The van der Waals surface area contributed by atoms with E-state index in [1.807, 2.05) is 73.7 Å². The van der Waals surface area contributed by atoms with Gasteiger partial charge in [-0.15, -0.1) is 11.3 Å². The van der Waals surface area contributed by atoms with Gasteiger partial charge in [0.2, 0.25) is 0 Å². The van der Waals surface area contributed by atoms with E-state index in [9.17, 15) is 9.59 Å². The van der Waals surface area contributed by atoms with Crippen molar-refractivity contribution in [1.29, 1.82) is 0 Å². The normalized spacial score (nSPS) is 11.4. The van der Waals surface area contributed by atoms with Crippen LogP contribution in [0.25, 0.3) is 38.7 Å². The molecule has 2 aromatic heterocycles. The summed E-state index contributed by atoms with van der Waals surface area (Å²) >= 11 is 7.43. The van der Waals surface area contributed by atoms with Crippen LogP contribution in [-0.2, 0) is 0 Å². The topological polar surface area (TPSA) is 85.1 Å². The predicted octanol–water partition coefficient (Wildman–Crippen LogP) is 10.4. The van der Waals surface area contributed by atoms with Crippen LogP contribution in [0.1, 0.15) is 56.5 Å². The number of allylic oxidation sites excluding steroid dienone is 1. The van der Waals surface area contributed by atoms with Crippen molar-refractivity contribution in [2.45, 2.75) is 26.7 Å². The lowest BCUT2D eigenvalue weighted by atomic mass is 9.99. The van der Waals surface area contributed by atoms with E-state index in [0.717, 1.165) is 33.5 Å². The van der Waals surface area contributed by atoms with E-state index >= 15 is 0 Å². The van der Waals surface area contributed by atoms with Gasteiger partial charge in [0.1, 0.15) is 9.71 Å². The second-order valence-corrected chi connectivity index (χ2v) is 12.9. The molecule has 0 aliphatic carbocycles. The van der Waals surface area contributed by atoms with Crippen LogP contribution >= 0.6 is 22.9 Å². The molecule has 0 aliphatic heterocycles. The summed E-state index contributed by atoms with van der Waals surface area (Å²) in [5, 5.41) is 4.27. The number of halogens is 1. The number of hydrogen-bond acceptors (Lipinski definition) is 5. The van der Waals surface area contributed by atoms with Gasteiger partial charge in [0.25, 0.3) is 5.91 Å². The number of aromatic nitrogens is 1. The molecule has 228 valence electrons. The Hall–Kier alpha value is -5.04. The number of pyridine rings is 1. The number of aryl methyl sites for hydroxylation is 1. The number of nitrogen functional groups attached to an aromatic ring is 1. The van der Waals surface area contributed by atoms with Crippen molar-refractivity contribution >= 4 is 62.3 Å². The number of hydrogen-bond donors (Lipinski definition) is 2. The average molecular weight is 642 g/mol. The number of amides is 1. The van der Waals surface area contributed by atoms with Gasteiger partial charge in [-0.3, -0.25) is 9.59 Å². The van der Waals surface area contributed by atoms with E-state index in [0.29, 0.717) is 43.0 Å². The first kappa shape index (κ1) is 31.0. The fourth-order valence-corrected chi connectivity index (χ4v) is 6.36. The molecule has 0 saturated heterocycles. The lowest BCUT2D eigenvalue weighted by Gasteiger charge is -2.09. The molecule has 6 rings (SSSR count). The van der Waals surface area contributed by atoms with Gasteiger partial charge in [-0.1, -0.05) is 110 Å². The Morgan fingerprint density at radius 2 is 1.59 bits per heavy atom. The lowest BCUT2D eigenvalue weighted by Crippen LogP contribution is -2.12. The van der Waals surface area contributed by atoms with E-state index in [4.69, 9.17) is 22.3 Å². The summed E-state index contributed by atoms with van der Waals surface area (Å²) in [6.45, 7) is 6.33. The minimum atomic E-state index is -0.371. The second-order valence-electron chi connectivity index (χ2n) is 11.5. The highest BCUT2D eigenvalue weighted by atomic mass is 35.5. The Bertz CT molecular complexity index is 2100. The highest BCUT2D eigenvalue weighted by Gasteiger charge is 2.22. The number of anilines is 2. The molecular formula is C39H32ClN3O2S. The molecule has 2 heterocycles. The summed E-state index contributed by atoms with van der Waals surface area (Å²) in [5.74, 6) is -0.0888. The largest absolute Gasteiger partial charge is 0.397 e. The number of rotatable bonds is 8. The van der Waals surface area contributed by atoms with Gasteiger partial charge < -0.3 is 11.1 Å². The third-order valence-corrected chi connectivity index (χ3v) is 9.19. The van der Waals surface area contributed by atoms with Crippen LogP contribution in [0, 0.1) is 6.92 Å². The second kappa shape index (κ2) is 13.1. The Kier molecular flexibility index (Phi) is 8.84. The van der Waals surface area contributed by atoms with Crippen molar-refractivity contribution < 1.29 is 9.59 Å². The number of benzene rings is 4. The zero-order valence-corrected chi connectivity index (χ0v) is 27.2. The molecule has 1 amide bonds. The van der Waals surface area contributed by atoms with Crippen molar-refractivity contribution in [2.24, 2.45) is 0 Å². The molecule has 0 bridgehead atoms. The third-order valence-electron chi connectivity index (χ3n) is 7.84. The van der Waals surface area contributed by atoms with Crippen molar-refractivity contribution in [3.05, 3.63) is 141 Å². The van der Waals surface area contributed by atoms with Crippen molar-refractivity contribution in [3.63, 3.8) is 0 Å². The van der Waals surface area contributed by atoms with Crippen molar-refractivity contribution in [2.75, 3.05) is 11.1 Å². The Balaban J connectivity index is 1.29. The lowest BCUT2D eigenvalue weighted by molar-refractivity contribution is 0.102. The Labute approximate surface area is 277 Å². The molecule has 0 atom stereocenters. The van der Waals surface area contributed by atoms with Crippen LogP contribution in [0.2, 0.25) is 5.02 Å². The number of carbonyl (C=O) groups is 2. The summed E-state index contributed by atoms with van der Waals surface area (Å²) in [6.07, 6.45) is 3.34. The summed E-state index contributed by atoms with van der Waals surface area (Å²) < 4.78 is 0. The standard InChI is InChI=1S/C39H32ClN3O2S/c1-23(2)26-14-9-25(10-15-26)11-20-34(44)29-5-4-6-31(21-29)42-38(45)37-36(41)35-32(27-16-18-30(40)19-17-27)22-33(43-39(35)46-37)28-12-7-24(3)8-13-28/h4-23H,41H2,1-3H3,(H,42,45)/b20-11+. The van der Waals surface area contributed by atoms with E-state index < -0.39 is 0 Å². The molecule has 5 nitrogen and oxygen atoms in total. The molecular weight excluding hydrogens is 610 g/mol. The zero-order chi connectivity index (χ0) is 32.4. The zero-order valence-electron chi connectivity index (χ0n) is 25.7. The number of nitrogens with zero attached hydrogens (tertiary/aromatic N) is 1. The first-order valence-corrected chi connectivity index (χ1v) is 16.2. The summed E-state index contributed by atoms with van der Waals surface area (Å²) in [6, 6.07) is 32.7. The van der Waals surface area contributed by atoms with E-state index in [2.05, 4.69) is 31.3 Å². The van der Waals surface area contributed by atoms with Crippen LogP contribution < -0.4 is 11.1 Å². The Morgan fingerprint density at radius 1 is 0.891 bits per heavy atom. The van der Waals surface area contributed by atoms with Crippen molar-refractivity contribution in [3.8, 4) is 22.4 Å². The molecule has 0 radical (unpaired) electrons. The fraction of sp³-hybridized carbons (Fsp3) is 0.103. The number of fused-ring (bicyclic) bond motifs is 1. The van der Waals surface area contributed by atoms with Gasteiger partial charge in [0.05, 0.1) is 11.4 Å². The van der Waals surface area contributed by atoms with Crippen LogP contribution in [0.15, 0.2) is 109 Å². The highest BCUT2D eigenvalue weighted by Crippen LogP contribution is 2.42. The van der Waals surface area contributed by atoms with Gasteiger partial charge >= 0.3 is 0 Å². The molecule has 46 heavy (non-hydrogen) atoms. The van der Waals surface area contributed by atoms with Crippen molar-refractivity contribution in [1.82, 2.24) is 4.98 Å². The quantitative estimate of drug-likeness (QED) is 0.128. The monoisotopic (exact) mass is 641 g/mol. The van der Waals surface area contributed by atoms with Gasteiger partial charge in [-0.25, -0.2) is 4.98 Å². The highest BCUT2D eigenvalue weighted by molar-refractivity contribution is 7.21. The number of nitrogens with two attached hydrogens (primary N) is 1. The van der Waals surface area contributed by atoms with Crippen LogP contribution in [-0.4, -0.2) is 16.7 Å². The molecule has 0 unspecified atom stereocenters. The minimum absolute atomic E-state index is 0.161. The summed E-state index contributed by atoms with van der Waals surface area (Å²) in [5.41, 5.74) is 14.9. The van der Waals surface area contributed by atoms with Gasteiger partial charge in [0.15, 0.2) is 5.78 Å². The van der Waals surface area contributed by atoms with Gasteiger partial charge in [0, 0.05) is 27.2 Å². The molecule has 7 heteroatoms. The SMILES string of the molecule is Cc1ccc(-c2cc(-c3ccc(Cl)cc3)c3c(N)c(C(=O)Nc4cccc(C(=O)/C=C/c5ccc(C(C)C)cc5)c4)sc3n2)cc1. The maximum absolute atomic E-state index is 13.6. The smallest absolute Gasteiger partial charge is 0.267 e. The molecule has 3 N–H and O–H groups in total. The Morgan fingerprint density at radius 3 is 2.28 bits per heavy atom. The third kappa shape index (κ3) is 6.64. The molecule has 0 fully saturated rings. The molecule has 0 aliphatic rings. The maximum atomic E-state index is 13.6. The number of thiophene rings is 1. The summed E-state index contributed by atoms with van der Waals surface area (Å²) in [7, 11) is 0. The number of carbonyl (C=O) groups excluding carboxylic acids is 2. The molecule has 4 aromatic carbocycles. The van der Waals surface area contributed by atoms with Crippen LogP contribution in [0.4, 0.5) is 11.4 Å². The van der Waals surface area contributed by atoms with E-state index in [1.165, 1.54) is 16.9 Å². The molecule has 0 saturated carbocycles. The number of nitrogens with one attached hydrogen (secondary N) is 1. The average Bonchev–Trinajstić information content (AvgIpc) is 3.40. The molecule has 0 spiro atoms. The maximum Gasteiger partial charge on any atom is 0.267 e. The van der Waals surface area contributed by atoms with E-state index in [1.54, 1.807) is 36.4 Å². The minimum Gasteiger partial charge on any atom is -0.397 e. The van der Waals surface area contributed by atoms with Crippen LogP contribution in [0.5, 0.6) is 0 Å². The van der Waals surface area contributed by atoms with Crippen LogP contribution in [0.3, 0.4) is 0 Å². The first-order chi connectivity index (χ1) is 22.2. The van der Waals surface area contributed by atoms with E-state index in [-0.39, 0.29) is 11.7 Å². The van der Waals surface area contributed by atoms with Gasteiger partial charge in [-0.2, -0.15) is 0 Å². The van der Waals surface area contributed by atoms with Gasteiger partial charge in [-0.05, 0) is 71.5 Å². The fourth-order valence-electron chi connectivity index (χ4n) is 5.22.